The van der Waals surface area contributed by atoms with Crippen LogP contribution in [0.3, 0.4) is 0 Å². The van der Waals surface area contributed by atoms with Gasteiger partial charge in [0.2, 0.25) is 0 Å². The predicted molar refractivity (Wildman–Crippen MR) is 90.6 cm³/mol. The average molecular weight is 352 g/mol. The maximum atomic E-state index is 4.59. The van der Waals surface area contributed by atoms with E-state index in [1.54, 1.807) is 0 Å². The van der Waals surface area contributed by atoms with E-state index in [9.17, 15) is 0 Å². The predicted octanol–water partition coefficient (Wildman–Crippen LogP) is 2.95. The molecule has 0 aromatic carbocycles. The lowest BCUT2D eigenvalue weighted by atomic mass is 10.1. The zero-order valence-corrected chi connectivity index (χ0v) is 14.5. The SMILES string of the molecule is CCNC(=NCc1cn2cc(Br)ccc2n1)NC(C)(C)C. The summed E-state index contributed by atoms with van der Waals surface area (Å²) in [6.07, 6.45) is 4.00. The monoisotopic (exact) mass is 351 g/mol. The molecule has 0 aliphatic rings. The Morgan fingerprint density at radius 2 is 2.10 bits per heavy atom. The largest absolute Gasteiger partial charge is 0.357 e. The number of fused-ring (bicyclic) bond motifs is 1. The second-order valence-electron chi connectivity index (χ2n) is 5.92. The van der Waals surface area contributed by atoms with Gasteiger partial charge >= 0.3 is 0 Å². The zero-order valence-electron chi connectivity index (χ0n) is 12.9. The summed E-state index contributed by atoms with van der Waals surface area (Å²) in [5, 5.41) is 6.62. The minimum Gasteiger partial charge on any atom is -0.357 e. The Bertz CT molecular complexity index is 639. The molecule has 0 atom stereocenters. The Hall–Kier alpha value is -1.56. The van der Waals surface area contributed by atoms with Crippen LogP contribution in [0.4, 0.5) is 0 Å². The van der Waals surface area contributed by atoms with Crippen LogP contribution < -0.4 is 10.6 Å². The number of aromatic nitrogens is 2. The summed E-state index contributed by atoms with van der Waals surface area (Å²) in [7, 11) is 0. The van der Waals surface area contributed by atoms with Crippen LogP contribution in [0, 0.1) is 0 Å². The number of hydrogen-bond acceptors (Lipinski definition) is 2. The Labute approximate surface area is 134 Å². The molecule has 21 heavy (non-hydrogen) atoms. The maximum Gasteiger partial charge on any atom is 0.192 e. The first-order chi connectivity index (χ1) is 9.87. The standard InChI is InChI=1S/C15H22BrN5/c1-5-17-14(20-15(2,3)4)18-8-12-10-21-9-11(16)6-7-13(21)19-12/h6-7,9-10H,5,8H2,1-4H3,(H2,17,18,20). The number of aliphatic imine (C=N–C) groups is 1. The van der Waals surface area contributed by atoms with Crippen LogP contribution in [-0.2, 0) is 6.54 Å². The summed E-state index contributed by atoms with van der Waals surface area (Å²) in [6.45, 7) is 9.78. The quantitative estimate of drug-likeness (QED) is 0.660. The second kappa shape index (κ2) is 6.47. The molecule has 0 amide bonds. The molecular formula is C15H22BrN5. The van der Waals surface area contributed by atoms with E-state index in [1.165, 1.54) is 0 Å². The van der Waals surface area contributed by atoms with Crippen molar-refractivity contribution >= 4 is 27.5 Å². The summed E-state index contributed by atoms with van der Waals surface area (Å²) in [5.74, 6) is 0.809. The molecule has 0 radical (unpaired) electrons. The summed E-state index contributed by atoms with van der Waals surface area (Å²) in [5.41, 5.74) is 1.85. The molecule has 0 aliphatic heterocycles. The molecule has 2 aromatic rings. The minimum absolute atomic E-state index is 0.0230. The minimum atomic E-state index is -0.0230. The molecule has 0 saturated carbocycles. The Kier molecular flexibility index (Phi) is 4.88. The molecule has 0 saturated heterocycles. The van der Waals surface area contributed by atoms with Gasteiger partial charge in [0.15, 0.2) is 5.96 Å². The van der Waals surface area contributed by atoms with Gasteiger partial charge in [-0.1, -0.05) is 0 Å². The summed E-state index contributed by atoms with van der Waals surface area (Å²) in [6, 6.07) is 3.97. The lowest BCUT2D eigenvalue weighted by molar-refractivity contribution is 0.501. The third-order valence-corrected chi connectivity index (χ3v) is 3.17. The van der Waals surface area contributed by atoms with E-state index < -0.39 is 0 Å². The lowest BCUT2D eigenvalue weighted by Crippen LogP contribution is -2.47. The van der Waals surface area contributed by atoms with E-state index in [-0.39, 0.29) is 5.54 Å². The zero-order chi connectivity index (χ0) is 15.5. The fourth-order valence-corrected chi connectivity index (χ4v) is 2.27. The van der Waals surface area contributed by atoms with Crippen molar-refractivity contribution in [2.75, 3.05) is 6.54 Å². The van der Waals surface area contributed by atoms with Gasteiger partial charge in [0, 0.05) is 29.0 Å². The van der Waals surface area contributed by atoms with Crippen LogP contribution in [0.5, 0.6) is 0 Å². The molecule has 5 nitrogen and oxygen atoms in total. The molecule has 2 aromatic heterocycles. The fourth-order valence-electron chi connectivity index (χ4n) is 1.92. The van der Waals surface area contributed by atoms with E-state index in [4.69, 9.17) is 0 Å². The van der Waals surface area contributed by atoms with Crippen LogP contribution >= 0.6 is 15.9 Å². The summed E-state index contributed by atoms with van der Waals surface area (Å²) in [4.78, 5) is 9.16. The van der Waals surface area contributed by atoms with Crippen LogP contribution in [0.25, 0.3) is 5.65 Å². The highest BCUT2D eigenvalue weighted by molar-refractivity contribution is 9.10. The van der Waals surface area contributed by atoms with Crippen molar-refractivity contribution in [3.63, 3.8) is 0 Å². The number of hydrogen-bond donors (Lipinski definition) is 2. The van der Waals surface area contributed by atoms with Crippen LogP contribution in [0.2, 0.25) is 0 Å². The van der Waals surface area contributed by atoms with Gasteiger partial charge < -0.3 is 15.0 Å². The molecule has 2 N–H and O–H groups in total. The van der Waals surface area contributed by atoms with E-state index in [1.807, 2.05) is 28.9 Å². The van der Waals surface area contributed by atoms with Crippen molar-refractivity contribution in [3.8, 4) is 0 Å². The van der Waals surface area contributed by atoms with Crippen molar-refractivity contribution < 1.29 is 0 Å². The number of halogens is 1. The normalized spacial score (nSPS) is 12.7. The van der Waals surface area contributed by atoms with Gasteiger partial charge in [0.1, 0.15) is 5.65 Å². The van der Waals surface area contributed by atoms with Crippen molar-refractivity contribution in [2.45, 2.75) is 39.8 Å². The molecule has 0 fully saturated rings. The van der Waals surface area contributed by atoms with E-state index >= 15 is 0 Å². The molecule has 0 aliphatic carbocycles. The molecule has 0 spiro atoms. The Morgan fingerprint density at radius 1 is 1.33 bits per heavy atom. The number of guanidine groups is 1. The molecule has 0 bridgehead atoms. The first-order valence-electron chi connectivity index (χ1n) is 7.07. The highest BCUT2D eigenvalue weighted by Gasteiger charge is 2.11. The maximum absolute atomic E-state index is 4.59. The van der Waals surface area contributed by atoms with Crippen LogP contribution in [-0.4, -0.2) is 27.4 Å². The summed E-state index contributed by atoms with van der Waals surface area (Å²) < 4.78 is 3.03. The highest BCUT2D eigenvalue weighted by Crippen LogP contribution is 2.13. The first-order valence-corrected chi connectivity index (χ1v) is 7.86. The lowest BCUT2D eigenvalue weighted by Gasteiger charge is -2.23. The van der Waals surface area contributed by atoms with Gasteiger partial charge in [-0.15, -0.1) is 0 Å². The van der Waals surface area contributed by atoms with Crippen molar-refractivity contribution in [1.82, 2.24) is 20.0 Å². The highest BCUT2D eigenvalue weighted by atomic mass is 79.9. The van der Waals surface area contributed by atoms with Crippen molar-refractivity contribution in [1.29, 1.82) is 0 Å². The summed E-state index contributed by atoms with van der Waals surface area (Å²) >= 11 is 3.46. The van der Waals surface area contributed by atoms with Gasteiger partial charge in [-0.25, -0.2) is 9.98 Å². The van der Waals surface area contributed by atoms with Gasteiger partial charge in [0.05, 0.1) is 12.2 Å². The van der Waals surface area contributed by atoms with E-state index in [0.29, 0.717) is 6.54 Å². The molecular weight excluding hydrogens is 330 g/mol. The number of pyridine rings is 1. The number of nitrogens with one attached hydrogen (secondary N) is 2. The smallest absolute Gasteiger partial charge is 0.192 e. The van der Waals surface area contributed by atoms with Crippen molar-refractivity contribution in [2.24, 2.45) is 4.99 Å². The number of imidazole rings is 1. The molecule has 2 heterocycles. The van der Waals surface area contributed by atoms with Gasteiger partial charge in [-0.05, 0) is 55.8 Å². The molecule has 6 heteroatoms. The van der Waals surface area contributed by atoms with Crippen molar-refractivity contribution in [3.05, 3.63) is 34.7 Å². The third kappa shape index (κ3) is 4.74. The van der Waals surface area contributed by atoms with Gasteiger partial charge in [-0.3, -0.25) is 0 Å². The first kappa shape index (κ1) is 15.8. The van der Waals surface area contributed by atoms with Crippen LogP contribution in [0.15, 0.2) is 34.0 Å². The van der Waals surface area contributed by atoms with E-state index in [2.05, 4.69) is 64.2 Å². The van der Waals surface area contributed by atoms with Crippen LogP contribution in [0.1, 0.15) is 33.4 Å². The average Bonchev–Trinajstić information content (AvgIpc) is 2.76. The van der Waals surface area contributed by atoms with Gasteiger partial charge in [0.25, 0.3) is 0 Å². The number of rotatable bonds is 3. The second-order valence-corrected chi connectivity index (χ2v) is 6.83. The molecule has 0 unspecified atom stereocenters. The third-order valence-electron chi connectivity index (χ3n) is 2.70. The van der Waals surface area contributed by atoms with Gasteiger partial charge in [-0.2, -0.15) is 0 Å². The molecule has 114 valence electrons. The number of nitrogens with zero attached hydrogens (tertiary/aromatic N) is 3. The Morgan fingerprint density at radius 3 is 2.76 bits per heavy atom. The Balaban J connectivity index is 2.15. The fraction of sp³-hybridized carbons (Fsp3) is 0.467. The molecule has 2 rings (SSSR count). The van der Waals surface area contributed by atoms with E-state index in [0.717, 1.165) is 28.3 Å². The topological polar surface area (TPSA) is 53.7 Å².